The molecule has 1 saturated heterocycles. The van der Waals surface area contributed by atoms with E-state index in [1.807, 2.05) is 0 Å². The van der Waals surface area contributed by atoms with Crippen LogP contribution in [0.2, 0.25) is 0 Å². The summed E-state index contributed by atoms with van der Waals surface area (Å²) < 4.78 is 20.8. The first-order valence-corrected chi connectivity index (χ1v) is 8.31. The molecule has 0 amide bonds. The second-order valence-electron chi connectivity index (χ2n) is 5.99. The first-order chi connectivity index (χ1) is 10.2. The molecule has 2 rings (SSSR count). The third-order valence-electron chi connectivity index (χ3n) is 4.24. The SMILES string of the molecule is CCOC(=O)OC1(CCCOCCC2CCCCC2)CO1. The summed E-state index contributed by atoms with van der Waals surface area (Å²) in [5.41, 5.74) is 0. The first-order valence-electron chi connectivity index (χ1n) is 8.31. The summed E-state index contributed by atoms with van der Waals surface area (Å²) in [5.74, 6) is 0.128. The van der Waals surface area contributed by atoms with E-state index in [1.165, 1.54) is 38.5 Å². The van der Waals surface area contributed by atoms with Crippen molar-refractivity contribution in [3.05, 3.63) is 0 Å². The van der Waals surface area contributed by atoms with Crippen molar-refractivity contribution >= 4 is 6.16 Å². The van der Waals surface area contributed by atoms with Gasteiger partial charge >= 0.3 is 6.16 Å². The van der Waals surface area contributed by atoms with Gasteiger partial charge in [0.25, 0.3) is 0 Å². The Kier molecular flexibility index (Phi) is 6.77. The van der Waals surface area contributed by atoms with Crippen LogP contribution in [0, 0.1) is 5.92 Å². The van der Waals surface area contributed by atoms with Crippen molar-refractivity contribution in [3.8, 4) is 0 Å². The molecule has 1 heterocycles. The molecular formula is C16H28O5. The number of epoxide rings is 1. The fourth-order valence-corrected chi connectivity index (χ4v) is 2.91. The molecule has 0 aromatic carbocycles. The van der Waals surface area contributed by atoms with Gasteiger partial charge in [-0.3, -0.25) is 0 Å². The van der Waals surface area contributed by atoms with Gasteiger partial charge in [-0.15, -0.1) is 0 Å². The number of hydrogen-bond acceptors (Lipinski definition) is 5. The summed E-state index contributed by atoms with van der Waals surface area (Å²) >= 11 is 0. The van der Waals surface area contributed by atoms with Gasteiger partial charge in [0, 0.05) is 19.6 Å². The van der Waals surface area contributed by atoms with E-state index in [4.69, 9.17) is 18.9 Å². The second-order valence-corrected chi connectivity index (χ2v) is 5.99. The molecule has 122 valence electrons. The Morgan fingerprint density at radius 2 is 2.00 bits per heavy atom. The van der Waals surface area contributed by atoms with Crippen LogP contribution in [0.1, 0.15) is 58.3 Å². The molecule has 2 fully saturated rings. The van der Waals surface area contributed by atoms with E-state index < -0.39 is 11.9 Å². The fourth-order valence-electron chi connectivity index (χ4n) is 2.91. The minimum absolute atomic E-state index is 0.319. The van der Waals surface area contributed by atoms with Crippen molar-refractivity contribution in [2.24, 2.45) is 5.92 Å². The molecule has 1 atom stereocenters. The van der Waals surface area contributed by atoms with Crippen LogP contribution in [0.3, 0.4) is 0 Å². The van der Waals surface area contributed by atoms with Gasteiger partial charge in [-0.2, -0.15) is 0 Å². The van der Waals surface area contributed by atoms with Gasteiger partial charge in [0.2, 0.25) is 5.79 Å². The third kappa shape index (κ3) is 6.22. The molecule has 0 spiro atoms. The van der Waals surface area contributed by atoms with E-state index in [2.05, 4.69) is 0 Å². The molecule has 5 heteroatoms. The van der Waals surface area contributed by atoms with E-state index in [9.17, 15) is 4.79 Å². The smallest absolute Gasteiger partial charge is 0.435 e. The molecule has 0 bridgehead atoms. The van der Waals surface area contributed by atoms with Crippen LogP contribution < -0.4 is 0 Å². The molecule has 0 aromatic rings. The highest BCUT2D eigenvalue weighted by molar-refractivity contribution is 5.60. The third-order valence-corrected chi connectivity index (χ3v) is 4.24. The second kappa shape index (κ2) is 8.59. The zero-order valence-electron chi connectivity index (χ0n) is 13.1. The average molecular weight is 300 g/mol. The standard InChI is InChI=1S/C16H28O5/c1-2-19-15(17)21-16(13-20-16)10-6-11-18-12-9-14-7-4-3-5-8-14/h14H,2-13H2,1H3. The van der Waals surface area contributed by atoms with Gasteiger partial charge in [-0.1, -0.05) is 32.1 Å². The largest absolute Gasteiger partial charge is 0.510 e. The lowest BCUT2D eigenvalue weighted by Gasteiger charge is -2.21. The number of carbonyl (C=O) groups excluding carboxylic acids is 1. The van der Waals surface area contributed by atoms with Gasteiger partial charge in [0.1, 0.15) is 6.61 Å². The van der Waals surface area contributed by atoms with Crippen molar-refractivity contribution in [2.75, 3.05) is 26.4 Å². The Hall–Kier alpha value is -0.810. The van der Waals surface area contributed by atoms with Crippen molar-refractivity contribution in [2.45, 2.75) is 64.1 Å². The van der Waals surface area contributed by atoms with Crippen LogP contribution in [-0.2, 0) is 18.9 Å². The maximum atomic E-state index is 11.3. The molecule has 0 radical (unpaired) electrons. The summed E-state index contributed by atoms with van der Waals surface area (Å²) in [7, 11) is 0. The molecule has 0 N–H and O–H groups in total. The number of ether oxygens (including phenoxy) is 4. The van der Waals surface area contributed by atoms with Gasteiger partial charge in [-0.05, 0) is 25.7 Å². The maximum Gasteiger partial charge on any atom is 0.510 e. The average Bonchev–Trinajstić information content (AvgIpc) is 3.24. The number of carbonyl (C=O) groups is 1. The zero-order chi connectivity index (χ0) is 15.0. The highest BCUT2D eigenvalue weighted by Crippen LogP contribution is 2.34. The lowest BCUT2D eigenvalue weighted by Crippen LogP contribution is -2.22. The summed E-state index contributed by atoms with van der Waals surface area (Å²) in [4.78, 5) is 11.3. The highest BCUT2D eigenvalue weighted by Gasteiger charge is 2.49. The van der Waals surface area contributed by atoms with Gasteiger partial charge in [0.15, 0.2) is 0 Å². The van der Waals surface area contributed by atoms with Crippen LogP contribution >= 0.6 is 0 Å². The predicted molar refractivity (Wildman–Crippen MR) is 78.0 cm³/mol. The molecule has 0 aromatic heterocycles. The fraction of sp³-hybridized carbons (Fsp3) is 0.938. The molecule has 1 aliphatic heterocycles. The van der Waals surface area contributed by atoms with E-state index in [0.29, 0.717) is 26.2 Å². The van der Waals surface area contributed by atoms with Crippen LogP contribution in [0.5, 0.6) is 0 Å². The Morgan fingerprint density at radius 1 is 1.24 bits per heavy atom. The quantitative estimate of drug-likeness (QED) is 0.369. The van der Waals surface area contributed by atoms with Crippen LogP contribution in [-0.4, -0.2) is 38.4 Å². The van der Waals surface area contributed by atoms with Crippen molar-refractivity contribution in [3.63, 3.8) is 0 Å². The Morgan fingerprint density at radius 3 is 2.67 bits per heavy atom. The number of hydrogen-bond donors (Lipinski definition) is 0. The summed E-state index contributed by atoms with van der Waals surface area (Å²) in [6.45, 7) is 4.08. The summed E-state index contributed by atoms with van der Waals surface area (Å²) in [6, 6.07) is 0. The van der Waals surface area contributed by atoms with Crippen molar-refractivity contribution in [1.29, 1.82) is 0 Å². The topological polar surface area (TPSA) is 57.3 Å². The van der Waals surface area contributed by atoms with E-state index in [0.717, 1.165) is 18.9 Å². The molecule has 1 unspecified atom stereocenters. The lowest BCUT2D eigenvalue weighted by molar-refractivity contribution is -0.0412. The zero-order valence-corrected chi connectivity index (χ0v) is 13.1. The Labute approximate surface area is 127 Å². The maximum absolute atomic E-state index is 11.3. The van der Waals surface area contributed by atoms with Crippen molar-refractivity contribution < 1.29 is 23.7 Å². The summed E-state index contributed by atoms with van der Waals surface area (Å²) in [6.07, 6.45) is 8.96. The van der Waals surface area contributed by atoms with Crippen molar-refractivity contribution in [1.82, 2.24) is 0 Å². The molecule has 1 aliphatic carbocycles. The van der Waals surface area contributed by atoms with Gasteiger partial charge < -0.3 is 18.9 Å². The molecule has 2 aliphatic rings. The monoisotopic (exact) mass is 300 g/mol. The Bertz CT molecular complexity index is 308. The van der Waals surface area contributed by atoms with Crippen LogP contribution in [0.15, 0.2) is 0 Å². The van der Waals surface area contributed by atoms with E-state index in [-0.39, 0.29) is 0 Å². The molecular weight excluding hydrogens is 272 g/mol. The lowest BCUT2D eigenvalue weighted by atomic mass is 9.87. The molecule has 1 saturated carbocycles. The van der Waals surface area contributed by atoms with Gasteiger partial charge in [0.05, 0.1) is 6.61 Å². The molecule has 5 nitrogen and oxygen atoms in total. The normalized spacial score (nSPS) is 25.6. The van der Waals surface area contributed by atoms with Crippen LogP contribution in [0.25, 0.3) is 0 Å². The number of rotatable bonds is 9. The first kappa shape index (κ1) is 16.6. The van der Waals surface area contributed by atoms with E-state index in [1.54, 1.807) is 6.92 Å². The van der Waals surface area contributed by atoms with E-state index >= 15 is 0 Å². The highest BCUT2D eigenvalue weighted by atomic mass is 16.8. The van der Waals surface area contributed by atoms with Gasteiger partial charge in [-0.25, -0.2) is 4.79 Å². The van der Waals surface area contributed by atoms with Crippen LogP contribution in [0.4, 0.5) is 4.79 Å². The molecule has 21 heavy (non-hydrogen) atoms. The minimum Gasteiger partial charge on any atom is -0.435 e. The minimum atomic E-state index is -0.737. The predicted octanol–water partition coefficient (Wildman–Crippen LogP) is 3.65. The Balaban J connectivity index is 1.46. The summed E-state index contributed by atoms with van der Waals surface area (Å²) in [5, 5.41) is 0.